The zero-order valence-electron chi connectivity index (χ0n) is 18.4. The van der Waals surface area contributed by atoms with Crippen LogP contribution in [0.2, 0.25) is 0 Å². The molecule has 0 spiro atoms. The third-order valence-electron chi connectivity index (χ3n) is 5.43. The largest absolute Gasteiger partial charge is 0.206 e. The van der Waals surface area contributed by atoms with Crippen molar-refractivity contribution in [2.45, 2.75) is 52.4 Å². The fourth-order valence-corrected chi connectivity index (χ4v) is 6.25. The summed E-state index contributed by atoms with van der Waals surface area (Å²) in [5.74, 6) is 4.44. The predicted octanol–water partition coefficient (Wildman–Crippen LogP) is 8.99. The molecule has 2 heterocycles. The molecule has 0 saturated heterocycles. The summed E-state index contributed by atoms with van der Waals surface area (Å²) in [5, 5.41) is 0. The lowest BCUT2D eigenvalue weighted by atomic mass is 10.0. The summed E-state index contributed by atoms with van der Waals surface area (Å²) < 4.78 is 31.5. The van der Waals surface area contributed by atoms with Gasteiger partial charge in [0.15, 0.2) is 0 Å². The first-order valence-electron chi connectivity index (χ1n) is 11.2. The predicted molar refractivity (Wildman–Crippen MR) is 135 cm³/mol. The lowest BCUT2D eigenvalue weighted by Crippen LogP contribution is -1.95. The van der Waals surface area contributed by atoms with Crippen LogP contribution in [-0.2, 0) is 12.8 Å². The standard InChI is InChI=1S/C28H26F2S2/c1-3-5-6-8-20-15-24(29)23(25(30)16-20)14-11-19-9-12-21(13-10-19)26-18-28-27(32-26)17-22(31-28)7-4-2/h9-10,12-13,15-18H,3-8H2,1-2H3. The minimum Gasteiger partial charge on any atom is -0.206 e. The number of fused-ring (bicyclic) bond motifs is 1. The van der Waals surface area contributed by atoms with Gasteiger partial charge in [-0.05, 0) is 66.8 Å². The Bertz CT molecular complexity index is 1210. The number of unbranched alkanes of at least 4 members (excludes halogenated alkanes) is 2. The van der Waals surface area contributed by atoms with Crippen molar-refractivity contribution in [1.82, 2.24) is 0 Å². The highest BCUT2D eigenvalue weighted by Crippen LogP contribution is 2.38. The molecule has 0 fully saturated rings. The van der Waals surface area contributed by atoms with Gasteiger partial charge in [0.05, 0.1) is 5.56 Å². The molecule has 0 N–H and O–H groups in total. The van der Waals surface area contributed by atoms with Crippen LogP contribution in [-0.4, -0.2) is 0 Å². The van der Waals surface area contributed by atoms with Gasteiger partial charge in [0.2, 0.25) is 0 Å². The fourth-order valence-electron chi connectivity index (χ4n) is 3.72. The quantitative estimate of drug-likeness (QED) is 0.189. The molecule has 0 aliphatic heterocycles. The second-order valence-electron chi connectivity index (χ2n) is 8.02. The molecule has 0 bridgehead atoms. The van der Waals surface area contributed by atoms with Crippen molar-refractivity contribution in [1.29, 1.82) is 0 Å². The second-order valence-corrected chi connectivity index (χ2v) is 10.3. The Labute approximate surface area is 196 Å². The van der Waals surface area contributed by atoms with E-state index in [1.165, 1.54) is 37.7 Å². The van der Waals surface area contributed by atoms with Gasteiger partial charge < -0.3 is 0 Å². The van der Waals surface area contributed by atoms with Crippen LogP contribution >= 0.6 is 22.7 Å². The highest BCUT2D eigenvalue weighted by Gasteiger charge is 2.10. The summed E-state index contributed by atoms with van der Waals surface area (Å²) >= 11 is 3.67. The summed E-state index contributed by atoms with van der Waals surface area (Å²) in [6, 6.07) is 15.3. The maximum absolute atomic E-state index is 14.4. The average molecular weight is 465 g/mol. The van der Waals surface area contributed by atoms with Gasteiger partial charge in [-0.1, -0.05) is 57.1 Å². The lowest BCUT2D eigenvalue weighted by molar-refractivity contribution is 0.572. The second kappa shape index (κ2) is 10.4. The Morgan fingerprint density at radius 1 is 0.750 bits per heavy atom. The average Bonchev–Trinajstić information content (AvgIpc) is 3.33. The molecule has 0 aliphatic rings. The molecule has 0 amide bonds. The Kier molecular flexibility index (Phi) is 7.40. The molecular formula is C28H26F2S2. The van der Waals surface area contributed by atoms with E-state index in [4.69, 9.17) is 0 Å². The molecule has 2 aromatic heterocycles. The van der Waals surface area contributed by atoms with Crippen molar-refractivity contribution in [3.05, 3.63) is 81.7 Å². The van der Waals surface area contributed by atoms with Crippen LogP contribution in [0.5, 0.6) is 0 Å². The van der Waals surface area contributed by atoms with E-state index in [1.807, 2.05) is 35.6 Å². The summed E-state index contributed by atoms with van der Waals surface area (Å²) in [7, 11) is 0. The highest BCUT2D eigenvalue weighted by atomic mass is 32.1. The van der Waals surface area contributed by atoms with E-state index >= 15 is 0 Å². The van der Waals surface area contributed by atoms with Crippen molar-refractivity contribution in [2.24, 2.45) is 0 Å². The van der Waals surface area contributed by atoms with Crippen LogP contribution in [0.25, 0.3) is 19.8 Å². The van der Waals surface area contributed by atoms with Crippen molar-refractivity contribution in [2.75, 3.05) is 0 Å². The van der Waals surface area contributed by atoms with Gasteiger partial charge in [0, 0.05) is 24.7 Å². The van der Waals surface area contributed by atoms with Crippen LogP contribution in [0.3, 0.4) is 0 Å². The van der Waals surface area contributed by atoms with Crippen molar-refractivity contribution >= 4 is 32.1 Å². The molecule has 0 atom stereocenters. The van der Waals surface area contributed by atoms with E-state index in [-0.39, 0.29) is 5.56 Å². The summed E-state index contributed by atoms with van der Waals surface area (Å²) in [4.78, 5) is 2.67. The van der Waals surface area contributed by atoms with Crippen LogP contribution in [0, 0.1) is 23.5 Å². The van der Waals surface area contributed by atoms with Gasteiger partial charge in [-0.25, -0.2) is 8.78 Å². The molecule has 4 heteroatoms. The monoisotopic (exact) mass is 464 g/mol. The minimum atomic E-state index is -0.582. The Morgan fingerprint density at radius 2 is 1.47 bits per heavy atom. The van der Waals surface area contributed by atoms with Gasteiger partial charge in [0.25, 0.3) is 0 Å². The SMILES string of the molecule is CCCCCc1cc(F)c(C#Cc2ccc(-c3cc4sc(CCC)cc4s3)cc2)c(F)c1. The van der Waals surface area contributed by atoms with Gasteiger partial charge in [0.1, 0.15) is 11.6 Å². The van der Waals surface area contributed by atoms with Crippen molar-refractivity contribution in [3.8, 4) is 22.3 Å². The highest BCUT2D eigenvalue weighted by molar-refractivity contribution is 7.29. The zero-order chi connectivity index (χ0) is 22.5. The summed E-state index contributed by atoms with van der Waals surface area (Å²) in [5.41, 5.74) is 2.41. The first-order valence-corrected chi connectivity index (χ1v) is 12.8. The zero-order valence-corrected chi connectivity index (χ0v) is 20.1. The van der Waals surface area contributed by atoms with E-state index < -0.39 is 11.6 Å². The summed E-state index contributed by atoms with van der Waals surface area (Å²) in [6.07, 6.45) is 6.08. The molecule has 164 valence electrons. The van der Waals surface area contributed by atoms with E-state index in [0.717, 1.165) is 36.8 Å². The molecule has 0 unspecified atom stereocenters. The number of hydrogen-bond donors (Lipinski definition) is 0. The van der Waals surface area contributed by atoms with Crippen LogP contribution < -0.4 is 0 Å². The molecule has 4 aromatic rings. The van der Waals surface area contributed by atoms with Gasteiger partial charge in [-0.15, -0.1) is 22.7 Å². The molecule has 0 aliphatic carbocycles. The Morgan fingerprint density at radius 3 is 2.12 bits per heavy atom. The Balaban J connectivity index is 1.49. The molecular weight excluding hydrogens is 438 g/mol. The van der Waals surface area contributed by atoms with Gasteiger partial charge in [-0.3, -0.25) is 0 Å². The number of thiophene rings is 2. The molecule has 0 saturated carbocycles. The lowest BCUT2D eigenvalue weighted by Gasteiger charge is -2.04. The topological polar surface area (TPSA) is 0 Å². The smallest absolute Gasteiger partial charge is 0.142 e. The molecule has 4 rings (SSSR count). The third-order valence-corrected chi connectivity index (χ3v) is 7.83. The normalized spacial score (nSPS) is 11.0. The van der Waals surface area contributed by atoms with Crippen LogP contribution in [0.4, 0.5) is 8.78 Å². The molecule has 0 nitrogen and oxygen atoms in total. The van der Waals surface area contributed by atoms with E-state index in [2.05, 4.69) is 37.8 Å². The first kappa shape index (κ1) is 22.7. The maximum Gasteiger partial charge on any atom is 0.142 e. The third kappa shape index (κ3) is 5.28. The van der Waals surface area contributed by atoms with Gasteiger partial charge in [-0.2, -0.15) is 0 Å². The minimum absolute atomic E-state index is 0.158. The van der Waals surface area contributed by atoms with Crippen LogP contribution in [0.15, 0.2) is 48.5 Å². The van der Waals surface area contributed by atoms with Crippen LogP contribution in [0.1, 0.15) is 61.1 Å². The maximum atomic E-state index is 14.4. The van der Waals surface area contributed by atoms with E-state index in [9.17, 15) is 8.78 Å². The van der Waals surface area contributed by atoms with Gasteiger partial charge >= 0.3 is 0 Å². The number of halogens is 2. The number of benzene rings is 2. The fraction of sp³-hybridized carbons (Fsp3) is 0.286. The number of aryl methyl sites for hydroxylation is 2. The number of rotatable bonds is 7. The summed E-state index contributed by atoms with van der Waals surface area (Å²) in [6.45, 7) is 4.31. The van der Waals surface area contributed by atoms with Crippen molar-refractivity contribution < 1.29 is 8.78 Å². The molecule has 0 radical (unpaired) electrons. The van der Waals surface area contributed by atoms with E-state index in [0.29, 0.717) is 12.0 Å². The molecule has 2 aromatic carbocycles. The van der Waals surface area contributed by atoms with E-state index in [1.54, 1.807) is 11.3 Å². The Hall–Kier alpha value is -2.48. The van der Waals surface area contributed by atoms with Crippen molar-refractivity contribution in [3.63, 3.8) is 0 Å². The number of hydrogen-bond acceptors (Lipinski definition) is 2. The molecule has 32 heavy (non-hydrogen) atoms. The first-order chi connectivity index (χ1) is 15.6.